The Morgan fingerprint density at radius 3 is 2.48 bits per heavy atom. The molecule has 6 heteroatoms. The van der Waals surface area contributed by atoms with Gasteiger partial charge in [0, 0.05) is 37.5 Å². The van der Waals surface area contributed by atoms with Gasteiger partial charge in [-0.3, -0.25) is 4.79 Å². The molecule has 0 aliphatic rings. The largest absolute Gasteiger partial charge is 0.375 e. The lowest BCUT2D eigenvalue weighted by Gasteiger charge is -2.14. The number of hydrogen-bond donors (Lipinski definition) is 1. The minimum absolute atomic E-state index is 0.295. The fourth-order valence-electron chi connectivity index (χ4n) is 3.03. The van der Waals surface area contributed by atoms with Crippen LogP contribution in [0, 0.1) is 19.7 Å². The van der Waals surface area contributed by atoms with Crippen molar-refractivity contribution in [2.75, 3.05) is 19.0 Å². The lowest BCUT2D eigenvalue weighted by Crippen LogP contribution is -2.24. The average Bonchev–Trinajstić information content (AvgIpc) is 2.94. The van der Waals surface area contributed by atoms with Gasteiger partial charge in [0.15, 0.2) is 0 Å². The van der Waals surface area contributed by atoms with E-state index in [1.165, 1.54) is 6.07 Å². The maximum Gasteiger partial charge on any atom is 0.251 e. The molecule has 1 N–H and O–H groups in total. The van der Waals surface area contributed by atoms with Gasteiger partial charge >= 0.3 is 0 Å². The molecule has 0 spiro atoms. The third-order valence-corrected chi connectivity index (χ3v) is 4.56. The van der Waals surface area contributed by atoms with E-state index in [1.807, 2.05) is 48.9 Å². The highest BCUT2D eigenvalue weighted by Crippen LogP contribution is 2.20. The third-order valence-electron chi connectivity index (χ3n) is 4.56. The minimum atomic E-state index is -0.420. The monoisotopic (exact) mass is 366 g/mol. The minimum Gasteiger partial charge on any atom is -0.375 e. The van der Waals surface area contributed by atoms with Gasteiger partial charge in [0.05, 0.1) is 17.1 Å². The highest BCUT2D eigenvalue weighted by atomic mass is 19.1. The van der Waals surface area contributed by atoms with Crippen LogP contribution in [0.1, 0.15) is 27.3 Å². The van der Waals surface area contributed by atoms with Crippen molar-refractivity contribution in [1.29, 1.82) is 0 Å². The van der Waals surface area contributed by atoms with Crippen LogP contribution in [-0.2, 0) is 6.54 Å². The second-order valence-corrected chi connectivity index (χ2v) is 6.64. The molecule has 3 rings (SSSR count). The number of para-hydroxylation sites is 1. The Bertz CT molecular complexity index is 964. The van der Waals surface area contributed by atoms with E-state index in [2.05, 4.69) is 10.4 Å². The molecule has 5 nitrogen and oxygen atoms in total. The summed E-state index contributed by atoms with van der Waals surface area (Å²) in [6.45, 7) is 4.22. The Kier molecular flexibility index (Phi) is 5.26. The Hall–Kier alpha value is -3.15. The quantitative estimate of drug-likeness (QED) is 0.750. The maximum absolute atomic E-state index is 14.1. The number of benzene rings is 2. The predicted molar refractivity (Wildman–Crippen MR) is 105 cm³/mol. The van der Waals surface area contributed by atoms with Crippen LogP contribution in [0.3, 0.4) is 0 Å². The van der Waals surface area contributed by atoms with E-state index in [4.69, 9.17) is 0 Å². The first-order valence-corrected chi connectivity index (χ1v) is 8.74. The van der Waals surface area contributed by atoms with Crippen LogP contribution < -0.4 is 10.2 Å². The number of halogens is 1. The number of nitrogens with zero attached hydrogens (tertiary/aromatic N) is 3. The number of anilines is 1. The van der Waals surface area contributed by atoms with Gasteiger partial charge in [-0.25, -0.2) is 9.07 Å². The zero-order valence-corrected chi connectivity index (χ0v) is 16.0. The van der Waals surface area contributed by atoms with Gasteiger partial charge in [0.1, 0.15) is 5.82 Å². The molecule has 0 atom stereocenters. The molecule has 0 saturated carbocycles. The molecule has 0 aliphatic heterocycles. The van der Waals surface area contributed by atoms with Crippen molar-refractivity contribution in [3.05, 3.63) is 76.9 Å². The van der Waals surface area contributed by atoms with Crippen LogP contribution in [0.25, 0.3) is 5.69 Å². The first-order chi connectivity index (χ1) is 12.9. The third kappa shape index (κ3) is 3.84. The number of amides is 1. The summed E-state index contributed by atoms with van der Waals surface area (Å²) in [5.74, 6) is -0.734. The van der Waals surface area contributed by atoms with Gasteiger partial charge in [0.25, 0.3) is 5.91 Å². The maximum atomic E-state index is 14.1. The zero-order chi connectivity index (χ0) is 19.6. The van der Waals surface area contributed by atoms with Crippen LogP contribution >= 0.6 is 0 Å². The summed E-state index contributed by atoms with van der Waals surface area (Å²) in [7, 11) is 3.52. The topological polar surface area (TPSA) is 50.2 Å². The van der Waals surface area contributed by atoms with Crippen LogP contribution in [0.2, 0.25) is 0 Å². The van der Waals surface area contributed by atoms with E-state index in [0.29, 0.717) is 17.8 Å². The van der Waals surface area contributed by atoms with E-state index < -0.39 is 5.82 Å². The van der Waals surface area contributed by atoms with Crippen LogP contribution in [-0.4, -0.2) is 29.8 Å². The summed E-state index contributed by atoms with van der Waals surface area (Å²) in [6, 6.07) is 14.3. The van der Waals surface area contributed by atoms with Crippen molar-refractivity contribution in [2.45, 2.75) is 20.4 Å². The van der Waals surface area contributed by atoms with Gasteiger partial charge in [-0.1, -0.05) is 18.2 Å². The number of aromatic nitrogens is 2. The molecule has 1 aromatic heterocycles. The summed E-state index contributed by atoms with van der Waals surface area (Å²) in [4.78, 5) is 14.1. The predicted octanol–water partition coefficient (Wildman–Crippen LogP) is 3.62. The fraction of sp³-hybridized carbons (Fsp3) is 0.238. The molecule has 27 heavy (non-hydrogen) atoms. The molecule has 2 aromatic carbocycles. The van der Waals surface area contributed by atoms with E-state index in [-0.39, 0.29) is 5.91 Å². The summed E-state index contributed by atoms with van der Waals surface area (Å²) < 4.78 is 16.0. The highest BCUT2D eigenvalue weighted by Gasteiger charge is 2.15. The first-order valence-electron chi connectivity index (χ1n) is 8.74. The van der Waals surface area contributed by atoms with Crippen LogP contribution in [0.4, 0.5) is 10.1 Å². The number of carbonyl (C=O) groups is 1. The van der Waals surface area contributed by atoms with Gasteiger partial charge in [-0.15, -0.1) is 0 Å². The van der Waals surface area contributed by atoms with Crippen molar-refractivity contribution in [3.63, 3.8) is 0 Å². The highest BCUT2D eigenvalue weighted by molar-refractivity contribution is 5.94. The fourth-order valence-corrected chi connectivity index (χ4v) is 3.03. The van der Waals surface area contributed by atoms with Gasteiger partial charge in [0.2, 0.25) is 0 Å². The smallest absolute Gasteiger partial charge is 0.251 e. The van der Waals surface area contributed by atoms with E-state index in [0.717, 1.165) is 22.6 Å². The molecule has 3 aromatic rings. The SMILES string of the molecule is Cc1nn(-c2ccccc2)c(C)c1CNC(=O)c1ccc(N(C)C)c(F)c1. The van der Waals surface area contributed by atoms with E-state index in [1.54, 1.807) is 31.1 Å². The number of nitrogens with one attached hydrogen (secondary N) is 1. The molecule has 0 radical (unpaired) electrons. The van der Waals surface area contributed by atoms with Gasteiger partial charge in [-0.2, -0.15) is 5.10 Å². The van der Waals surface area contributed by atoms with Crippen molar-refractivity contribution >= 4 is 11.6 Å². The van der Waals surface area contributed by atoms with Crippen molar-refractivity contribution in [2.24, 2.45) is 0 Å². The van der Waals surface area contributed by atoms with Crippen molar-refractivity contribution < 1.29 is 9.18 Å². The summed E-state index contributed by atoms with van der Waals surface area (Å²) in [5, 5.41) is 7.44. The molecule has 1 heterocycles. The average molecular weight is 366 g/mol. The zero-order valence-electron chi connectivity index (χ0n) is 16.0. The van der Waals surface area contributed by atoms with Crippen LogP contribution in [0.5, 0.6) is 0 Å². The number of rotatable bonds is 5. The second-order valence-electron chi connectivity index (χ2n) is 6.64. The summed E-state index contributed by atoms with van der Waals surface area (Å²) >= 11 is 0. The summed E-state index contributed by atoms with van der Waals surface area (Å²) in [6.07, 6.45) is 0. The molecule has 0 bridgehead atoms. The molecular formula is C21H23FN4O. The number of carbonyl (C=O) groups excluding carboxylic acids is 1. The van der Waals surface area contributed by atoms with Crippen LogP contribution in [0.15, 0.2) is 48.5 Å². The van der Waals surface area contributed by atoms with Crippen molar-refractivity contribution in [1.82, 2.24) is 15.1 Å². The molecule has 0 unspecified atom stereocenters. The molecule has 140 valence electrons. The van der Waals surface area contributed by atoms with Gasteiger partial charge < -0.3 is 10.2 Å². The molecule has 0 aliphatic carbocycles. The number of hydrogen-bond acceptors (Lipinski definition) is 3. The Morgan fingerprint density at radius 2 is 1.85 bits per heavy atom. The Balaban J connectivity index is 1.76. The standard InChI is InChI=1S/C21H23FN4O/c1-14-18(15(2)26(24-14)17-8-6-5-7-9-17)13-23-21(27)16-10-11-20(25(3)4)19(22)12-16/h5-12H,13H2,1-4H3,(H,23,27). The molecular weight excluding hydrogens is 343 g/mol. The molecule has 0 saturated heterocycles. The normalized spacial score (nSPS) is 10.7. The second kappa shape index (κ2) is 7.61. The lowest BCUT2D eigenvalue weighted by atomic mass is 10.1. The lowest BCUT2D eigenvalue weighted by molar-refractivity contribution is 0.0950. The van der Waals surface area contributed by atoms with Gasteiger partial charge in [-0.05, 0) is 44.2 Å². The Labute approximate surface area is 158 Å². The van der Waals surface area contributed by atoms with Crippen molar-refractivity contribution in [3.8, 4) is 5.69 Å². The summed E-state index contributed by atoms with van der Waals surface area (Å²) in [5.41, 5.74) is 4.49. The Morgan fingerprint density at radius 1 is 1.15 bits per heavy atom. The first kappa shape index (κ1) is 18.6. The molecule has 0 fully saturated rings. The van der Waals surface area contributed by atoms with E-state index in [9.17, 15) is 9.18 Å². The number of aryl methyl sites for hydroxylation is 1. The van der Waals surface area contributed by atoms with E-state index >= 15 is 0 Å². The molecule has 1 amide bonds.